The molecule has 0 aliphatic rings. The Morgan fingerprint density at radius 1 is 0.895 bits per heavy atom. The molecule has 0 unspecified atom stereocenters. The fourth-order valence-electron chi connectivity index (χ4n) is 1.20. The van der Waals surface area contributed by atoms with Gasteiger partial charge in [0.05, 0.1) is 4.47 Å². The molecule has 0 spiro atoms. The Labute approximate surface area is 118 Å². The van der Waals surface area contributed by atoms with Crippen LogP contribution in [0.2, 0.25) is 0 Å². The van der Waals surface area contributed by atoms with E-state index in [4.69, 9.17) is 10.2 Å². The molecule has 0 aliphatic carbocycles. The van der Waals surface area contributed by atoms with Crippen molar-refractivity contribution in [2.75, 3.05) is 0 Å². The second-order valence-electron chi connectivity index (χ2n) is 3.52. The summed E-state index contributed by atoms with van der Waals surface area (Å²) >= 11 is 2.97. The number of aldehydes is 2. The van der Waals surface area contributed by atoms with Crippen molar-refractivity contribution < 1.29 is 19.8 Å². The van der Waals surface area contributed by atoms with E-state index in [1.54, 1.807) is 12.1 Å². The van der Waals surface area contributed by atoms with E-state index < -0.39 is 0 Å². The molecule has 0 aromatic heterocycles. The lowest BCUT2D eigenvalue weighted by atomic mass is 10.2. The van der Waals surface area contributed by atoms with Gasteiger partial charge in [0, 0.05) is 11.1 Å². The van der Waals surface area contributed by atoms with E-state index in [0.717, 1.165) is 11.8 Å². The summed E-state index contributed by atoms with van der Waals surface area (Å²) in [4.78, 5) is 20.2. The number of rotatable bonds is 2. The van der Waals surface area contributed by atoms with Gasteiger partial charge in [-0.3, -0.25) is 9.59 Å². The van der Waals surface area contributed by atoms with E-state index in [0.29, 0.717) is 16.3 Å². The zero-order valence-corrected chi connectivity index (χ0v) is 11.4. The van der Waals surface area contributed by atoms with Crippen LogP contribution < -0.4 is 0 Å². The first-order chi connectivity index (χ1) is 9.08. The molecular formula is C14H11BrO4. The monoisotopic (exact) mass is 322 g/mol. The maximum atomic E-state index is 10.2. The summed E-state index contributed by atoms with van der Waals surface area (Å²) in [5, 5.41) is 18.0. The van der Waals surface area contributed by atoms with Gasteiger partial charge in [-0.05, 0) is 28.1 Å². The summed E-state index contributed by atoms with van der Waals surface area (Å²) in [6.07, 6.45) is 1.42. The topological polar surface area (TPSA) is 74.6 Å². The Morgan fingerprint density at radius 3 is 1.89 bits per heavy atom. The Hall–Kier alpha value is -2.14. The van der Waals surface area contributed by atoms with Crippen LogP contribution >= 0.6 is 15.9 Å². The lowest BCUT2D eigenvalue weighted by molar-refractivity contribution is 0.111. The number of phenols is 2. The van der Waals surface area contributed by atoms with E-state index >= 15 is 0 Å². The second kappa shape index (κ2) is 7.33. The van der Waals surface area contributed by atoms with E-state index in [1.807, 2.05) is 18.2 Å². The summed E-state index contributed by atoms with van der Waals surface area (Å²) in [7, 11) is 0. The molecule has 4 nitrogen and oxygen atoms in total. The number of hydrogen-bond donors (Lipinski definition) is 2. The second-order valence-corrected chi connectivity index (χ2v) is 4.37. The van der Waals surface area contributed by atoms with Crippen molar-refractivity contribution in [3.8, 4) is 11.5 Å². The van der Waals surface area contributed by atoms with Crippen LogP contribution in [-0.4, -0.2) is 22.8 Å². The Kier molecular flexibility index (Phi) is 5.75. The molecule has 2 N–H and O–H groups in total. The maximum absolute atomic E-state index is 10.2. The third-order valence-electron chi connectivity index (χ3n) is 2.14. The Balaban J connectivity index is 0.000000200. The molecule has 0 radical (unpaired) electrons. The zero-order valence-electron chi connectivity index (χ0n) is 9.79. The molecule has 2 aromatic rings. The average molecular weight is 323 g/mol. The van der Waals surface area contributed by atoms with Gasteiger partial charge in [0.15, 0.2) is 11.5 Å². The van der Waals surface area contributed by atoms with Gasteiger partial charge < -0.3 is 10.2 Å². The van der Waals surface area contributed by atoms with Crippen LogP contribution in [-0.2, 0) is 0 Å². The third kappa shape index (κ3) is 4.56. The minimum absolute atomic E-state index is 0.254. The van der Waals surface area contributed by atoms with Crippen LogP contribution in [0.1, 0.15) is 20.7 Å². The first-order valence-corrected chi connectivity index (χ1v) is 6.04. The first kappa shape index (κ1) is 14.9. The number of carbonyl (C=O) groups is 2. The average Bonchev–Trinajstić information content (AvgIpc) is 2.45. The summed E-state index contributed by atoms with van der Waals surface area (Å²) in [5.41, 5.74) is 1.04. The standard InChI is InChI=1S/C7H5BrO3.C7H6O/c8-5-1-4(3-9)2-6(10)7(5)11;8-6-7-4-2-1-3-5-7/h1-3,10-11H;1-6H. The van der Waals surface area contributed by atoms with Crippen molar-refractivity contribution >= 4 is 28.5 Å². The minimum Gasteiger partial charge on any atom is -0.504 e. The van der Waals surface area contributed by atoms with Crippen LogP contribution in [0.25, 0.3) is 0 Å². The van der Waals surface area contributed by atoms with Crippen molar-refractivity contribution in [1.29, 1.82) is 0 Å². The van der Waals surface area contributed by atoms with Crippen LogP contribution in [0, 0.1) is 0 Å². The van der Waals surface area contributed by atoms with E-state index in [2.05, 4.69) is 15.9 Å². The van der Waals surface area contributed by atoms with Crippen LogP contribution in [0.3, 0.4) is 0 Å². The molecule has 0 atom stereocenters. The van der Waals surface area contributed by atoms with Gasteiger partial charge >= 0.3 is 0 Å². The predicted molar refractivity (Wildman–Crippen MR) is 74.7 cm³/mol. The summed E-state index contributed by atoms with van der Waals surface area (Å²) in [5.74, 6) is -0.558. The van der Waals surface area contributed by atoms with E-state index in [9.17, 15) is 9.59 Å². The van der Waals surface area contributed by atoms with Gasteiger partial charge in [0.25, 0.3) is 0 Å². The van der Waals surface area contributed by atoms with Crippen molar-refractivity contribution in [3.05, 3.63) is 58.1 Å². The van der Waals surface area contributed by atoms with Gasteiger partial charge in [0.1, 0.15) is 12.6 Å². The van der Waals surface area contributed by atoms with E-state index in [-0.39, 0.29) is 11.5 Å². The SMILES string of the molecule is O=Cc1cc(O)c(O)c(Br)c1.O=Cc1ccccc1. The van der Waals surface area contributed by atoms with Crippen LogP contribution in [0.5, 0.6) is 11.5 Å². The van der Waals surface area contributed by atoms with Crippen molar-refractivity contribution in [3.63, 3.8) is 0 Å². The molecule has 0 heterocycles. The largest absolute Gasteiger partial charge is 0.504 e. The highest BCUT2D eigenvalue weighted by Gasteiger charge is 2.05. The van der Waals surface area contributed by atoms with E-state index in [1.165, 1.54) is 12.1 Å². The van der Waals surface area contributed by atoms with Crippen molar-refractivity contribution in [2.24, 2.45) is 0 Å². The van der Waals surface area contributed by atoms with Gasteiger partial charge in [-0.25, -0.2) is 0 Å². The number of carbonyl (C=O) groups excluding carboxylic acids is 2. The lowest BCUT2D eigenvalue weighted by Gasteiger charge is -1.99. The van der Waals surface area contributed by atoms with Gasteiger partial charge in [0.2, 0.25) is 0 Å². The molecule has 0 amide bonds. The normalized spacial score (nSPS) is 9.11. The molecule has 5 heteroatoms. The summed E-state index contributed by atoms with van der Waals surface area (Å²) in [6.45, 7) is 0. The minimum atomic E-state index is -0.304. The van der Waals surface area contributed by atoms with Gasteiger partial charge in [-0.2, -0.15) is 0 Å². The fraction of sp³-hybridized carbons (Fsp3) is 0. The Morgan fingerprint density at radius 2 is 1.47 bits per heavy atom. The quantitative estimate of drug-likeness (QED) is 0.657. The Bertz CT molecular complexity index is 544. The molecular weight excluding hydrogens is 312 g/mol. The predicted octanol–water partition coefficient (Wildman–Crippen LogP) is 3.17. The molecule has 2 rings (SSSR count). The smallest absolute Gasteiger partial charge is 0.171 e. The molecule has 0 saturated heterocycles. The van der Waals surface area contributed by atoms with Gasteiger partial charge in [-0.15, -0.1) is 0 Å². The number of aromatic hydroxyl groups is 2. The molecule has 0 fully saturated rings. The third-order valence-corrected chi connectivity index (χ3v) is 2.74. The lowest BCUT2D eigenvalue weighted by Crippen LogP contribution is -1.80. The van der Waals surface area contributed by atoms with Crippen molar-refractivity contribution in [2.45, 2.75) is 0 Å². The molecule has 19 heavy (non-hydrogen) atoms. The molecule has 0 aliphatic heterocycles. The molecule has 2 aromatic carbocycles. The van der Waals surface area contributed by atoms with Crippen molar-refractivity contribution in [1.82, 2.24) is 0 Å². The summed E-state index contributed by atoms with van der Waals surface area (Å²) < 4.78 is 0.305. The number of benzene rings is 2. The maximum Gasteiger partial charge on any atom is 0.171 e. The summed E-state index contributed by atoms with van der Waals surface area (Å²) in [6, 6.07) is 11.7. The molecule has 0 saturated carbocycles. The zero-order chi connectivity index (χ0) is 14.3. The number of phenolic OH excluding ortho intramolecular Hbond substituents is 2. The van der Waals surface area contributed by atoms with Gasteiger partial charge in [-0.1, -0.05) is 30.3 Å². The van der Waals surface area contributed by atoms with Crippen LogP contribution in [0.15, 0.2) is 46.9 Å². The number of hydrogen-bond acceptors (Lipinski definition) is 4. The molecule has 98 valence electrons. The highest BCUT2D eigenvalue weighted by molar-refractivity contribution is 9.10. The highest BCUT2D eigenvalue weighted by Crippen LogP contribution is 2.33. The first-order valence-electron chi connectivity index (χ1n) is 5.25. The fourth-order valence-corrected chi connectivity index (χ4v) is 1.67. The molecule has 0 bridgehead atoms. The highest BCUT2D eigenvalue weighted by atomic mass is 79.9. The van der Waals surface area contributed by atoms with Crippen LogP contribution in [0.4, 0.5) is 0 Å². The number of halogens is 1.